The van der Waals surface area contributed by atoms with Gasteiger partial charge < -0.3 is 20.5 Å². The van der Waals surface area contributed by atoms with Crippen LogP contribution in [0.25, 0.3) is 0 Å². The van der Waals surface area contributed by atoms with E-state index in [9.17, 15) is 9.18 Å². The summed E-state index contributed by atoms with van der Waals surface area (Å²) in [4.78, 5) is 10.4. The standard InChI is InChI=1S/C13H19FN2O3/c1-9(16-5-6-19-8-13(15)17)10-3-4-11(14)12(7-10)18-2/h3-4,7,9,16H,5-6,8H2,1-2H3,(H2,15,17). The summed E-state index contributed by atoms with van der Waals surface area (Å²) >= 11 is 0. The maximum atomic E-state index is 13.3. The summed E-state index contributed by atoms with van der Waals surface area (Å²) < 4.78 is 23.2. The molecule has 0 heterocycles. The molecule has 0 aliphatic rings. The van der Waals surface area contributed by atoms with E-state index in [0.717, 1.165) is 5.56 Å². The van der Waals surface area contributed by atoms with Crippen LogP contribution in [0.2, 0.25) is 0 Å². The number of nitrogens with two attached hydrogens (primary N) is 1. The Morgan fingerprint density at radius 2 is 2.26 bits per heavy atom. The van der Waals surface area contributed by atoms with Crippen LogP contribution in [0.4, 0.5) is 4.39 Å². The second-order valence-electron chi connectivity index (χ2n) is 4.09. The Morgan fingerprint density at radius 1 is 1.53 bits per heavy atom. The lowest BCUT2D eigenvalue weighted by atomic mass is 10.1. The lowest BCUT2D eigenvalue weighted by Crippen LogP contribution is -2.26. The van der Waals surface area contributed by atoms with Crippen molar-refractivity contribution in [2.75, 3.05) is 26.9 Å². The average molecular weight is 270 g/mol. The Labute approximate surface area is 111 Å². The van der Waals surface area contributed by atoms with Crippen LogP contribution in [0.5, 0.6) is 5.75 Å². The van der Waals surface area contributed by atoms with E-state index >= 15 is 0 Å². The predicted molar refractivity (Wildman–Crippen MR) is 69.4 cm³/mol. The molecule has 1 atom stereocenters. The lowest BCUT2D eigenvalue weighted by Gasteiger charge is -2.15. The van der Waals surface area contributed by atoms with Crippen LogP contribution in [0, 0.1) is 5.82 Å². The Kier molecular flexibility index (Phi) is 6.24. The smallest absolute Gasteiger partial charge is 0.243 e. The molecule has 1 amide bonds. The van der Waals surface area contributed by atoms with Gasteiger partial charge in [0.05, 0.1) is 13.7 Å². The van der Waals surface area contributed by atoms with Gasteiger partial charge in [-0.05, 0) is 24.6 Å². The van der Waals surface area contributed by atoms with E-state index < -0.39 is 5.91 Å². The van der Waals surface area contributed by atoms with Gasteiger partial charge in [0.25, 0.3) is 0 Å². The molecular formula is C13H19FN2O3. The number of ether oxygens (including phenoxy) is 2. The van der Waals surface area contributed by atoms with Crippen molar-refractivity contribution in [3.8, 4) is 5.75 Å². The molecule has 0 aliphatic carbocycles. The Bertz CT molecular complexity index is 426. The fourth-order valence-electron chi connectivity index (χ4n) is 1.58. The van der Waals surface area contributed by atoms with E-state index in [4.69, 9.17) is 15.2 Å². The average Bonchev–Trinajstić information content (AvgIpc) is 2.38. The van der Waals surface area contributed by atoms with Gasteiger partial charge in [0.2, 0.25) is 5.91 Å². The maximum absolute atomic E-state index is 13.3. The van der Waals surface area contributed by atoms with Gasteiger partial charge in [-0.2, -0.15) is 0 Å². The molecule has 0 spiro atoms. The quantitative estimate of drug-likeness (QED) is 0.691. The van der Waals surface area contributed by atoms with Crippen LogP contribution in [-0.4, -0.2) is 32.8 Å². The van der Waals surface area contributed by atoms with Crippen LogP contribution >= 0.6 is 0 Å². The van der Waals surface area contributed by atoms with Crippen molar-refractivity contribution in [1.29, 1.82) is 0 Å². The summed E-state index contributed by atoms with van der Waals surface area (Å²) in [5.74, 6) is -0.657. The van der Waals surface area contributed by atoms with E-state index in [1.807, 2.05) is 6.92 Å². The molecule has 0 saturated carbocycles. The lowest BCUT2D eigenvalue weighted by molar-refractivity contribution is -0.122. The first-order valence-corrected chi connectivity index (χ1v) is 5.97. The molecule has 1 unspecified atom stereocenters. The van der Waals surface area contributed by atoms with Crippen LogP contribution in [0.1, 0.15) is 18.5 Å². The fourth-order valence-corrected chi connectivity index (χ4v) is 1.58. The number of halogens is 1. The molecule has 1 aromatic carbocycles. The van der Waals surface area contributed by atoms with E-state index in [2.05, 4.69) is 5.32 Å². The molecular weight excluding hydrogens is 251 g/mol. The summed E-state index contributed by atoms with van der Waals surface area (Å²) in [7, 11) is 1.43. The summed E-state index contributed by atoms with van der Waals surface area (Å²) in [6.07, 6.45) is 0. The first kappa shape index (κ1) is 15.4. The molecule has 19 heavy (non-hydrogen) atoms. The molecule has 1 rings (SSSR count). The van der Waals surface area contributed by atoms with E-state index in [0.29, 0.717) is 13.2 Å². The number of hydrogen-bond acceptors (Lipinski definition) is 4. The zero-order valence-electron chi connectivity index (χ0n) is 11.1. The minimum Gasteiger partial charge on any atom is -0.494 e. The van der Waals surface area contributed by atoms with Gasteiger partial charge in [-0.25, -0.2) is 4.39 Å². The van der Waals surface area contributed by atoms with Crippen molar-refractivity contribution in [3.63, 3.8) is 0 Å². The largest absolute Gasteiger partial charge is 0.494 e. The van der Waals surface area contributed by atoms with Gasteiger partial charge in [-0.3, -0.25) is 4.79 Å². The third-order valence-corrected chi connectivity index (χ3v) is 2.62. The number of primary amides is 1. The Balaban J connectivity index is 2.40. The normalized spacial score (nSPS) is 12.2. The van der Waals surface area contributed by atoms with Gasteiger partial charge in [0, 0.05) is 12.6 Å². The second-order valence-corrected chi connectivity index (χ2v) is 4.09. The first-order valence-electron chi connectivity index (χ1n) is 5.97. The molecule has 1 aromatic rings. The number of hydrogen-bond donors (Lipinski definition) is 2. The van der Waals surface area contributed by atoms with Gasteiger partial charge in [0.1, 0.15) is 6.61 Å². The van der Waals surface area contributed by atoms with Gasteiger partial charge in [0.15, 0.2) is 11.6 Å². The number of rotatable bonds is 8. The molecule has 0 fully saturated rings. The summed E-state index contributed by atoms with van der Waals surface area (Å²) in [6, 6.07) is 4.74. The summed E-state index contributed by atoms with van der Waals surface area (Å²) in [5, 5.41) is 3.19. The maximum Gasteiger partial charge on any atom is 0.243 e. The predicted octanol–water partition coefficient (Wildman–Crippen LogP) is 0.987. The monoisotopic (exact) mass is 270 g/mol. The van der Waals surface area contributed by atoms with Crippen LogP contribution in [0.15, 0.2) is 18.2 Å². The van der Waals surface area contributed by atoms with Crippen molar-refractivity contribution in [2.45, 2.75) is 13.0 Å². The molecule has 0 aliphatic heterocycles. The van der Waals surface area contributed by atoms with Gasteiger partial charge in [-0.15, -0.1) is 0 Å². The molecule has 6 heteroatoms. The van der Waals surface area contributed by atoms with Crippen molar-refractivity contribution >= 4 is 5.91 Å². The first-order chi connectivity index (χ1) is 9.04. The summed E-state index contributed by atoms with van der Waals surface area (Å²) in [6.45, 7) is 2.81. The third kappa shape index (κ3) is 5.23. The molecule has 0 radical (unpaired) electrons. The van der Waals surface area contributed by atoms with Gasteiger partial charge >= 0.3 is 0 Å². The zero-order valence-corrected chi connectivity index (χ0v) is 11.1. The highest BCUT2D eigenvalue weighted by atomic mass is 19.1. The van der Waals surface area contributed by atoms with E-state index in [-0.39, 0.29) is 24.2 Å². The highest BCUT2D eigenvalue weighted by Crippen LogP contribution is 2.22. The minimum atomic E-state index is -0.490. The van der Waals surface area contributed by atoms with Gasteiger partial charge in [-0.1, -0.05) is 6.07 Å². The van der Waals surface area contributed by atoms with E-state index in [1.54, 1.807) is 12.1 Å². The third-order valence-electron chi connectivity index (χ3n) is 2.62. The highest BCUT2D eigenvalue weighted by Gasteiger charge is 2.09. The topological polar surface area (TPSA) is 73.6 Å². The number of methoxy groups -OCH3 is 1. The van der Waals surface area contributed by atoms with Crippen molar-refractivity contribution in [3.05, 3.63) is 29.6 Å². The van der Waals surface area contributed by atoms with Crippen LogP contribution in [-0.2, 0) is 9.53 Å². The minimum absolute atomic E-state index is 0.0201. The summed E-state index contributed by atoms with van der Waals surface area (Å²) in [5.41, 5.74) is 5.85. The highest BCUT2D eigenvalue weighted by molar-refractivity contribution is 5.74. The Hall–Kier alpha value is -1.66. The number of carbonyl (C=O) groups is 1. The molecule has 3 N–H and O–H groups in total. The molecule has 106 valence electrons. The zero-order chi connectivity index (χ0) is 14.3. The second kappa shape index (κ2) is 7.70. The molecule has 0 aromatic heterocycles. The van der Waals surface area contributed by atoms with Crippen LogP contribution in [0.3, 0.4) is 0 Å². The van der Waals surface area contributed by atoms with Crippen molar-refractivity contribution in [2.24, 2.45) is 5.73 Å². The number of amides is 1. The van der Waals surface area contributed by atoms with Crippen LogP contribution < -0.4 is 15.8 Å². The Morgan fingerprint density at radius 3 is 2.89 bits per heavy atom. The number of carbonyl (C=O) groups excluding carboxylic acids is 1. The SMILES string of the molecule is COc1cc(C(C)NCCOCC(N)=O)ccc1F. The fraction of sp³-hybridized carbons (Fsp3) is 0.462. The number of nitrogens with one attached hydrogen (secondary N) is 1. The molecule has 0 saturated heterocycles. The van der Waals surface area contributed by atoms with Crippen molar-refractivity contribution in [1.82, 2.24) is 5.32 Å². The van der Waals surface area contributed by atoms with E-state index in [1.165, 1.54) is 13.2 Å². The molecule has 0 bridgehead atoms. The molecule has 5 nitrogen and oxygen atoms in total. The number of benzene rings is 1. The van der Waals surface area contributed by atoms with Crippen molar-refractivity contribution < 1.29 is 18.7 Å².